The van der Waals surface area contributed by atoms with Gasteiger partial charge in [0, 0.05) is 23.6 Å². The van der Waals surface area contributed by atoms with Crippen molar-refractivity contribution in [1.82, 2.24) is 5.32 Å². The molecule has 2 amide bonds. The summed E-state index contributed by atoms with van der Waals surface area (Å²) in [7, 11) is -3.95. The van der Waals surface area contributed by atoms with Gasteiger partial charge in [0.2, 0.25) is 15.7 Å². The first-order valence-corrected chi connectivity index (χ1v) is 12.8. The number of nitrogens with one attached hydrogen (secondary N) is 2. The van der Waals surface area contributed by atoms with E-state index in [-0.39, 0.29) is 39.3 Å². The van der Waals surface area contributed by atoms with Crippen LogP contribution >= 0.6 is 11.6 Å². The lowest BCUT2D eigenvalue weighted by Gasteiger charge is -2.14. The van der Waals surface area contributed by atoms with Gasteiger partial charge in [-0.15, -0.1) is 0 Å². The Bertz CT molecular complexity index is 1270. The maximum atomic E-state index is 13.2. The Balaban J connectivity index is 1.84. The van der Waals surface area contributed by atoms with E-state index in [2.05, 4.69) is 10.6 Å². The van der Waals surface area contributed by atoms with Crippen molar-refractivity contribution in [2.24, 2.45) is 0 Å². The summed E-state index contributed by atoms with van der Waals surface area (Å²) in [4.78, 5) is 25.0. The first-order valence-electron chi connectivity index (χ1n) is 11.0. The van der Waals surface area contributed by atoms with Gasteiger partial charge in [-0.2, -0.15) is 0 Å². The molecule has 0 saturated heterocycles. The van der Waals surface area contributed by atoms with Crippen LogP contribution in [0.5, 0.6) is 0 Å². The number of sulfone groups is 1. The average molecular weight is 499 g/mol. The fourth-order valence-electron chi connectivity index (χ4n) is 3.36. The molecule has 0 fully saturated rings. The topological polar surface area (TPSA) is 92.3 Å². The highest BCUT2D eigenvalue weighted by molar-refractivity contribution is 7.91. The van der Waals surface area contributed by atoms with E-state index in [9.17, 15) is 18.0 Å². The van der Waals surface area contributed by atoms with Crippen molar-refractivity contribution in [3.63, 3.8) is 0 Å². The van der Waals surface area contributed by atoms with Crippen LogP contribution in [0.25, 0.3) is 0 Å². The van der Waals surface area contributed by atoms with Gasteiger partial charge in [0.25, 0.3) is 5.91 Å². The quantitative estimate of drug-likeness (QED) is 0.424. The van der Waals surface area contributed by atoms with Crippen LogP contribution in [0.4, 0.5) is 5.69 Å². The van der Waals surface area contributed by atoms with Crippen molar-refractivity contribution in [1.29, 1.82) is 0 Å². The lowest BCUT2D eigenvalue weighted by Crippen LogP contribution is -2.26. The number of rotatable bonds is 9. The molecule has 34 heavy (non-hydrogen) atoms. The zero-order chi connectivity index (χ0) is 24.7. The Morgan fingerprint density at radius 3 is 2.26 bits per heavy atom. The highest BCUT2D eigenvalue weighted by Crippen LogP contribution is 2.30. The summed E-state index contributed by atoms with van der Waals surface area (Å²) in [6.45, 7) is 4.28. The summed E-state index contributed by atoms with van der Waals surface area (Å²) in [6.07, 6.45) is 1.49. The first-order chi connectivity index (χ1) is 16.2. The number of hydrogen-bond acceptors (Lipinski definition) is 4. The van der Waals surface area contributed by atoms with Gasteiger partial charge in [-0.05, 0) is 67.8 Å². The van der Waals surface area contributed by atoms with Crippen molar-refractivity contribution in [3.05, 3.63) is 88.4 Å². The summed E-state index contributed by atoms with van der Waals surface area (Å²) < 4.78 is 26.5. The predicted octanol–water partition coefficient (Wildman–Crippen LogP) is 5.19. The molecule has 0 aromatic heterocycles. The molecular weight excluding hydrogens is 472 g/mol. The molecule has 0 unspecified atom stereocenters. The molecule has 0 spiro atoms. The largest absolute Gasteiger partial charge is 0.352 e. The Hall–Kier alpha value is -3.16. The number of benzene rings is 3. The number of carbonyl (C=O) groups is 2. The Labute approximate surface area is 205 Å². The van der Waals surface area contributed by atoms with Crippen molar-refractivity contribution in [2.45, 2.75) is 42.9 Å². The molecule has 0 atom stereocenters. The summed E-state index contributed by atoms with van der Waals surface area (Å²) >= 11 is 5.89. The second-order valence-electron chi connectivity index (χ2n) is 7.96. The van der Waals surface area contributed by atoms with Gasteiger partial charge in [0.1, 0.15) is 0 Å². The van der Waals surface area contributed by atoms with Crippen molar-refractivity contribution in [2.75, 3.05) is 11.9 Å². The second-order valence-corrected chi connectivity index (χ2v) is 10.3. The summed E-state index contributed by atoms with van der Waals surface area (Å²) in [5.41, 5.74) is 2.59. The molecule has 178 valence electrons. The molecule has 3 aromatic carbocycles. The van der Waals surface area contributed by atoms with E-state index >= 15 is 0 Å². The van der Waals surface area contributed by atoms with Crippen LogP contribution in [0.3, 0.4) is 0 Å². The van der Waals surface area contributed by atoms with Crippen LogP contribution in [0.15, 0.2) is 76.5 Å². The van der Waals surface area contributed by atoms with Crippen LogP contribution < -0.4 is 10.6 Å². The third kappa shape index (κ3) is 6.46. The van der Waals surface area contributed by atoms with Gasteiger partial charge >= 0.3 is 0 Å². The van der Waals surface area contributed by atoms with Gasteiger partial charge in [-0.25, -0.2) is 8.42 Å². The van der Waals surface area contributed by atoms with E-state index in [4.69, 9.17) is 11.6 Å². The summed E-state index contributed by atoms with van der Waals surface area (Å²) in [5, 5.41) is 5.92. The molecule has 8 heteroatoms. The van der Waals surface area contributed by atoms with Gasteiger partial charge in [-0.3, -0.25) is 9.59 Å². The van der Waals surface area contributed by atoms with E-state index in [1.165, 1.54) is 48.0 Å². The molecule has 0 radical (unpaired) electrons. The monoisotopic (exact) mass is 498 g/mol. The van der Waals surface area contributed by atoms with E-state index in [1.807, 2.05) is 38.1 Å². The molecule has 3 rings (SSSR count). The number of hydrogen-bond donors (Lipinski definition) is 2. The Morgan fingerprint density at radius 1 is 0.941 bits per heavy atom. The molecule has 0 heterocycles. The minimum Gasteiger partial charge on any atom is -0.352 e. The Morgan fingerprint density at radius 2 is 1.62 bits per heavy atom. The van der Waals surface area contributed by atoms with Gasteiger partial charge in [-0.1, -0.05) is 48.4 Å². The number of carbonyl (C=O) groups excluding carboxylic acids is 2. The second kappa shape index (κ2) is 11.3. The fourth-order valence-corrected chi connectivity index (χ4v) is 4.88. The minimum atomic E-state index is -3.95. The standard InChI is InChI=1S/C26H27ClN2O4S/c1-3-4-25(30)29-23-17-20(26(31)28-16-15-19-7-5-18(2)6-8-19)9-14-24(23)34(32,33)22-12-10-21(27)11-13-22/h5-14,17H,3-4,15-16H2,1-2H3,(H,28,31)(H,29,30). The Kier molecular flexibility index (Phi) is 8.47. The normalized spacial score (nSPS) is 11.1. The van der Waals surface area contributed by atoms with E-state index in [0.717, 1.165) is 5.56 Å². The fraction of sp³-hybridized carbons (Fsp3) is 0.231. The van der Waals surface area contributed by atoms with Crippen LogP contribution in [-0.2, 0) is 21.1 Å². The van der Waals surface area contributed by atoms with Crippen molar-refractivity contribution in [3.8, 4) is 0 Å². The highest BCUT2D eigenvalue weighted by Gasteiger charge is 2.23. The number of amides is 2. The molecule has 0 saturated carbocycles. The molecular formula is C26H27ClN2O4S. The molecule has 0 bridgehead atoms. The molecule has 6 nitrogen and oxygen atoms in total. The van der Waals surface area contributed by atoms with Gasteiger partial charge in [0.05, 0.1) is 15.5 Å². The number of aryl methyl sites for hydroxylation is 1. The minimum absolute atomic E-state index is 0.0400. The number of anilines is 1. The van der Waals surface area contributed by atoms with Crippen LogP contribution in [0, 0.1) is 6.92 Å². The predicted molar refractivity (Wildman–Crippen MR) is 134 cm³/mol. The van der Waals surface area contributed by atoms with E-state index in [0.29, 0.717) is 24.4 Å². The van der Waals surface area contributed by atoms with Crippen LogP contribution in [-0.4, -0.2) is 26.8 Å². The van der Waals surface area contributed by atoms with E-state index < -0.39 is 9.84 Å². The smallest absolute Gasteiger partial charge is 0.251 e. The molecule has 2 N–H and O–H groups in total. The SMILES string of the molecule is CCCC(=O)Nc1cc(C(=O)NCCc2ccc(C)cc2)ccc1S(=O)(=O)c1ccc(Cl)cc1. The third-order valence-corrected chi connectivity index (χ3v) is 7.31. The van der Waals surface area contributed by atoms with Crippen molar-refractivity contribution >= 4 is 38.9 Å². The lowest BCUT2D eigenvalue weighted by molar-refractivity contribution is -0.116. The van der Waals surface area contributed by atoms with E-state index in [1.54, 1.807) is 0 Å². The third-order valence-electron chi connectivity index (χ3n) is 5.23. The number of halogens is 1. The summed E-state index contributed by atoms with van der Waals surface area (Å²) in [5.74, 6) is -0.680. The average Bonchev–Trinajstić information content (AvgIpc) is 2.80. The first kappa shape index (κ1) is 25.5. The van der Waals surface area contributed by atoms with Crippen molar-refractivity contribution < 1.29 is 18.0 Å². The molecule has 0 aliphatic carbocycles. The zero-order valence-electron chi connectivity index (χ0n) is 19.1. The molecule has 0 aliphatic heterocycles. The van der Waals surface area contributed by atoms with Gasteiger partial charge in [0.15, 0.2) is 0 Å². The van der Waals surface area contributed by atoms with Crippen LogP contribution in [0.1, 0.15) is 41.3 Å². The molecule has 3 aromatic rings. The molecule has 0 aliphatic rings. The maximum Gasteiger partial charge on any atom is 0.251 e. The maximum absolute atomic E-state index is 13.2. The summed E-state index contributed by atoms with van der Waals surface area (Å²) in [6, 6.07) is 18.0. The van der Waals surface area contributed by atoms with Crippen LogP contribution in [0.2, 0.25) is 5.02 Å². The van der Waals surface area contributed by atoms with Gasteiger partial charge < -0.3 is 10.6 Å². The lowest BCUT2D eigenvalue weighted by atomic mass is 10.1. The highest BCUT2D eigenvalue weighted by atomic mass is 35.5. The zero-order valence-corrected chi connectivity index (χ0v) is 20.7.